The van der Waals surface area contributed by atoms with E-state index in [0.29, 0.717) is 5.02 Å². The predicted molar refractivity (Wildman–Crippen MR) is 76.6 cm³/mol. The standard InChI is InChI=1S/C15H17ClF3NO2/c1-10(12-4-2-3-5-13(12)16)20(11-6-7-11)14(21)8-22-9-15(17,18)19/h2-5,10-11H,6-9H2,1H3. The highest BCUT2D eigenvalue weighted by Gasteiger charge is 2.37. The smallest absolute Gasteiger partial charge is 0.362 e. The Balaban J connectivity index is 2.03. The average Bonchev–Trinajstić information content (AvgIpc) is 3.22. The first-order valence-electron chi connectivity index (χ1n) is 6.99. The minimum Gasteiger partial charge on any atom is -0.362 e. The summed E-state index contributed by atoms with van der Waals surface area (Å²) in [4.78, 5) is 13.8. The molecule has 1 aromatic rings. The van der Waals surface area contributed by atoms with Crippen molar-refractivity contribution in [3.8, 4) is 0 Å². The van der Waals surface area contributed by atoms with Crippen LogP contribution >= 0.6 is 11.6 Å². The lowest BCUT2D eigenvalue weighted by Gasteiger charge is -2.30. The fraction of sp³-hybridized carbons (Fsp3) is 0.533. The van der Waals surface area contributed by atoms with Crippen LogP contribution in [0.5, 0.6) is 0 Å². The number of hydrogen-bond donors (Lipinski definition) is 0. The molecule has 3 nitrogen and oxygen atoms in total. The second kappa shape index (κ2) is 6.87. The molecule has 7 heteroatoms. The lowest BCUT2D eigenvalue weighted by atomic mass is 10.1. The zero-order valence-corrected chi connectivity index (χ0v) is 12.8. The van der Waals surface area contributed by atoms with Crippen molar-refractivity contribution in [3.05, 3.63) is 34.9 Å². The topological polar surface area (TPSA) is 29.5 Å². The molecule has 1 fully saturated rings. The van der Waals surface area contributed by atoms with Gasteiger partial charge in [-0.05, 0) is 31.4 Å². The molecule has 1 aliphatic carbocycles. The number of halogens is 4. The third-order valence-electron chi connectivity index (χ3n) is 3.49. The fourth-order valence-corrected chi connectivity index (χ4v) is 2.67. The van der Waals surface area contributed by atoms with Crippen LogP contribution in [0.2, 0.25) is 5.02 Å². The van der Waals surface area contributed by atoms with Crippen molar-refractivity contribution in [1.29, 1.82) is 0 Å². The number of carbonyl (C=O) groups excluding carboxylic acids is 1. The summed E-state index contributed by atoms with van der Waals surface area (Å²) in [6.45, 7) is -0.177. The van der Waals surface area contributed by atoms with Gasteiger partial charge in [0.2, 0.25) is 5.91 Å². The number of carbonyl (C=O) groups is 1. The van der Waals surface area contributed by atoms with Crippen LogP contribution in [-0.2, 0) is 9.53 Å². The van der Waals surface area contributed by atoms with Crippen LogP contribution in [0.3, 0.4) is 0 Å². The van der Waals surface area contributed by atoms with Gasteiger partial charge in [0.25, 0.3) is 0 Å². The molecule has 1 aliphatic rings. The molecule has 0 aliphatic heterocycles. The Morgan fingerprint density at radius 2 is 2.05 bits per heavy atom. The number of hydrogen-bond acceptors (Lipinski definition) is 2. The van der Waals surface area contributed by atoms with Crippen LogP contribution in [0.25, 0.3) is 0 Å². The van der Waals surface area contributed by atoms with Gasteiger partial charge in [0.05, 0.1) is 6.04 Å². The zero-order chi connectivity index (χ0) is 16.3. The van der Waals surface area contributed by atoms with Gasteiger partial charge in [0, 0.05) is 11.1 Å². The molecule has 0 spiro atoms. The SMILES string of the molecule is CC(c1ccccc1Cl)N(C(=O)COCC(F)(F)F)C1CC1. The van der Waals surface area contributed by atoms with E-state index in [0.717, 1.165) is 18.4 Å². The van der Waals surface area contributed by atoms with E-state index in [1.165, 1.54) is 0 Å². The minimum absolute atomic E-state index is 0.0493. The summed E-state index contributed by atoms with van der Waals surface area (Å²) in [6, 6.07) is 6.88. The van der Waals surface area contributed by atoms with Crippen LogP contribution in [-0.4, -0.2) is 36.2 Å². The normalized spacial score (nSPS) is 16.4. The summed E-state index contributed by atoms with van der Waals surface area (Å²) in [5, 5.41) is 0.532. The minimum atomic E-state index is -4.43. The van der Waals surface area contributed by atoms with Crippen LogP contribution in [0, 0.1) is 0 Å². The third kappa shape index (κ3) is 4.61. The Hall–Kier alpha value is -1.27. The molecule has 122 valence electrons. The van der Waals surface area contributed by atoms with Crippen LogP contribution < -0.4 is 0 Å². The van der Waals surface area contributed by atoms with Gasteiger partial charge >= 0.3 is 6.18 Å². The summed E-state index contributed by atoms with van der Waals surface area (Å²) in [5.74, 6) is -0.445. The maximum Gasteiger partial charge on any atom is 0.411 e. The van der Waals surface area contributed by atoms with Gasteiger partial charge in [-0.25, -0.2) is 0 Å². The fourth-order valence-electron chi connectivity index (χ4n) is 2.38. The second-order valence-corrected chi connectivity index (χ2v) is 5.74. The van der Waals surface area contributed by atoms with E-state index in [2.05, 4.69) is 4.74 Å². The Kier molecular flexibility index (Phi) is 5.34. The Morgan fingerprint density at radius 3 is 2.59 bits per heavy atom. The summed E-state index contributed by atoms with van der Waals surface area (Å²) >= 11 is 6.14. The molecule has 1 unspecified atom stereocenters. The van der Waals surface area contributed by atoms with E-state index >= 15 is 0 Å². The summed E-state index contributed by atoms with van der Waals surface area (Å²) in [5.41, 5.74) is 0.778. The van der Waals surface area contributed by atoms with E-state index in [1.807, 2.05) is 19.1 Å². The van der Waals surface area contributed by atoms with Gasteiger partial charge in [0.1, 0.15) is 13.2 Å². The quantitative estimate of drug-likeness (QED) is 0.787. The molecule has 0 bridgehead atoms. The monoisotopic (exact) mass is 335 g/mol. The van der Waals surface area contributed by atoms with Crippen molar-refractivity contribution in [3.63, 3.8) is 0 Å². The Labute approximate surface area is 132 Å². The van der Waals surface area contributed by atoms with Crippen LogP contribution in [0.1, 0.15) is 31.4 Å². The van der Waals surface area contributed by atoms with Gasteiger partial charge in [-0.3, -0.25) is 4.79 Å². The number of nitrogens with zero attached hydrogens (tertiary/aromatic N) is 1. The van der Waals surface area contributed by atoms with Gasteiger partial charge in [0.15, 0.2) is 0 Å². The number of benzene rings is 1. The molecule has 0 aromatic heterocycles. The highest BCUT2D eigenvalue weighted by Crippen LogP contribution is 2.36. The highest BCUT2D eigenvalue weighted by atomic mass is 35.5. The second-order valence-electron chi connectivity index (χ2n) is 5.34. The molecule has 1 amide bonds. The van der Waals surface area contributed by atoms with Crippen molar-refractivity contribution in [2.75, 3.05) is 13.2 Å². The molecule has 1 atom stereocenters. The molecular weight excluding hydrogens is 319 g/mol. The number of rotatable bonds is 6. The van der Waals surface area contributed by atoms with Crippen molar-refractivity contribution in [2.24, 2.45) is 0 Å². The van der Waals surface area contributed by atoms with E-state index in [-0.39, 0.29) is 12.1 Å². The summed E-state index contributed by atoms with van der Waals surface area (Å²) in [6.07, 6.45) is -2.74. The largest absolute Gasteiger partial charge is 0.411 e. The highest BCUT2D eigenvalue weighted by molar-refractivity contribution is 6.31. The van der Waals surface area contributed by atoms with E-state index in [4.69, 9.17) is 11.6 Å². The van der Waals surface area contributed by atoms with Crippen molar-refractivity contribution in [1.82, 2.24) is 4.90 Å². The number of ether oxygens (including phenoxy) is 1. The first-order valence-corrected chi connectivity index (χ1v) is 7.37. The Morgan fingerprint density at radius 1 is 1.41 bits per heavy atom. The van der Waals surface area contributed by atoms with Crippen molar-refractivity contribution >= 4 is 17.5 Å². The van der Waals surface area contributed by atoms with Gasteiger partial charge in [-0.15, -0.1) is 0 Å². The molecule has 0 N–H and O–H groups in total. The number of amides is 1. The molecular formula is C15H17ClF3NO2. The lowest BCUT2D eigenvalue weighted by Crippen LogP contribution is -2.38. The molecule has 1 aromatic carbocycles. The average molecular weight is 336 g/mol. The van der Waals surface area contributed by atoms with Crippen LogP contribution in [0.15, 0.2) is 24.3 Å². The summed E-state index contributed by atoms with van der Waals surface area (Å²) in [7, 11) is 0. The summed E-state index contributed by atoms with van der Waals surface area (Å²) < 4.78 is 40.7. The van der Waals surface area contributed by atoms with E-state index < -0.39 is 25.3 Å². The third-order valence-corrected chi connectivity index (χ3v) is 3.84. The molecule has 2 rings (SSSR count). The molecule has 0 saturated heterocycles. The first-order chi connectivity index (χ1) is 10.3. The predicted octanol–water partition coefficient (Wildman–Crippen LogP) is 3.97. The van der Waals surface area contributed by atoms with Gasteiger partial charge < -0.3 is 9.64 Å². The maximum absolute atomic E-state index is 12.2. The van der Waals surface area contributed by atoms with Gasteiger partial charge in [-0.2, -0.15) is 13.2 Å². The molecule has 22 heavy (non-hydrogen) atoms. The molecule has 0 heterocycles. The molecule has 0 radical (unpaired) electrons. The van der Waals surface area contributed by atoms with Crippen molar-refractivity contribution in [2.45, 2.75) is 38.0 Å². The lowest BCUT2D eigenvalue weighted by molar-refractivity contribution is -0.178. The van der Waals surface area contributed by atoms with E-state index in [1.54, 1.807) is 17.0 Å². The Bertz CT molecular complexity index is 532. The number of alkyl halides is 3. The van der Waals surface area contributed by atoms with E-state index in [9.17, 15) is 18.0 Å². The maximum atomic E-state index is 12.2. The first kappa shape index (κ1) is 17.1. The molecule has 1 saturated carbocycles. The van der Waals surface area contributed by atoms with Gasteiger partial charge in [-0.1, -0.05) is 29.8 Å². The zero-order valence-electron chi connectivity index (χ0n) is 12.1. The van der Waals surface area contributed by atoms with Crippen LogP contribution in [0.4, 0.5) is 13.2 Å². The van der Waals surface area contributed by atoms with Crippen molar-refractivity contribution < 1.29 is 22.7 Å².